The molecule has 5 rings (SSSR count). The second-order valence-electron chi connectivity index (χ2n) is 14.7. The van der Waals surface area contributed by atoms with Gasteiger partial charge >= 0.3 is 11.9 Å². The van der Waals surface area contributed by atoms with Crippen LogP contribution < -0.4 is 10.1 Å². The number of benzene rings is 1. The Labute approximate surface area is 319 Å². The molecule has 0 aromatic heterocycles. The van der Waals surface area contributed by atoms with Crippen LogP contribution in [0.4, 0.5) is 5.69 Å². The van der Waals surface area contributed by atoms with Gasteiger partial charge in [0.05, 0.1) is 48.3 Å². The van der Waals surface area contributed by atoms with E-state index in [4.69, 9.17) is 18.9 Å². The number of anilines is 1. The van der Waals surface area contributed by atoms with Gasteiger partial charge in [0, 0.05) is 47.0 Å². The number of aliphatic hydroxyl groups is 5. The second-order valence-corrected chi connectivity index (χ2v) is 14.7. The number of carbonyl (C=O) groups is 4. The Balaban J connectivity index is 2.07. The van der Waals surface area contributed by atoms with Gasteiger partial charge in [-0.15, -0.1) is 0 Å². The number of rotatable bonds is 2. The summed E-state index contributed by atoms with van der Waals surface area (Å²) < 4.78 is 22.3. The van der Waals surface area contributed by atoms with Gasteiger partial charge in [0.1, 0.15) is 28.8 Å². The second kappa shape index (κ2) is 16.5. The first kappa shape index (κ1) is 42.9. The van der Waals surface area contributed by atoms with Crippen molar-refractivity contribution in [1.82, 2.24) is 0 Å². The quantitative estimate of drug-likeness (QED) is 0.130. The fourth-order valence-electron chi connectivity index (χ4n) is 7.28. The van der Waals surface area contributed by atoms with Gasteiger partial charge in [-0.3, -0.25) is 19.2 Å². The van der Waals surface area contributed by atoms with Crippen LogP contribution >= 0.6 is 0 Å². The van der Waals surface area contributed by atoms with Crippen LogP contribution in [-0.2, 0) is 28.6 Å². The van der Waals surface area contributed by atoms with Crippen molar-refractivity contribution in [2.45, 2.75) is 92.3 Å². The molecule has 4 bridgehead atoms. The third kappa shape index (κ3) is 8.12. The third-order valence-corrected chi connectivity index (χ3v) is 10.6. The van der Waals surface area contributed by atoms with E-state index in [9.17, 15) is 49.8 Å². The normalized spacial score (nSPS) is 33.3. The number of ketones is 1. The number of phenolic OH excluding ortho intramolecular Hbond substituents is 1. The number of esters is 2. The van der Waals surface area contributed by atoms with E-state index in [1.165, 1.54) is 66.7 Å². The first-order chi connectivity index (χ1) is 25.6. The molecule has 0 saturated heterocycles. The third-order valence-electron chi connectivity index (χ3n) is 10.6. The number of methoxy groups -OCH3 is 1. The van der Waals surface area contributed by atoms with E-state index < -0.39 is 89.9 Å². The van der Waals surface area contributed by atoms with Crippen LogP contribution in [0.5, 0.6) is 11.5 Å². The summed E-state index contributed by atoms with van der Waals surface area (Å²) in [6, 6.07) is 0. The van der Waals surface area contributed by atoms with Crippen molar-refractivity contribution in [3.63, 3.8) is 0 Å². The van der Waals surface area contributed by atoms with E-state index in [1.807, 2.05) is 0 Å². The van der Waals surface area contributed by atoms with E-state index >= 15 is 0 Å². The molecule has 300 valence electrons. The van der Waals surface area contributed by atoms with Crippen molar-refractivity contribution in [1.29, 1.82) is 0 Å². The summed E-state index contributed by atoms with van der Waals surface area (Å²) in [6.07, 6.45) is -0.878. The monoisotopic (exact) mass is 769 g/mol. The van der Waals surface area contributed by atoms with E-state index in [-0.39, 0.29) is 61.9 Å². The summed E-state index contributed by atoms with van der Waals surface area (Å²) in [5.41, 5.74) is -2.34. The predicted molar refractivity (Wildman–Crippen MR) is 198 cm³/mol. The van der Waals surface area contributed by atoms with Gasteiger partial charge in [0.2, 0.25) is 6.79 Å². The molecule has 0 unspecified atom stereocenters. The largest absolute Gasteiger partial charge is 0.505 e. The van der Waals surface area contributed by atoms with Crippen LogP contribution in [0.15, 0.2) is 52.5 Å². The number of amides is 1. The molecule has 1 aromatic carbocycles. The van der Waals surface area contributed by atoms with Gasteiger partial charge < -0.3 is 54.9 Å². The molecule has 15 heteroatoms. The van der Waals surface area contributed by atoms with Gasteiger partial charge in [-0.05, 0) is 46.3 Å². The molecule has 7 N–H and O–H groups in total. The molecule has 55 heavy (non-hydrogen) atoms. The fraction of sp³-hybridized carbons (Fsp3) is 0.500. The van der Waals surface area contributed by atoms with Crippen molar-refractivity contribution in [3.05, 3.63) is 69.2 Å². The fourth-order valence-corrected chi connectivity index (χ4v) is 7.28. The van der Waals surface area contributed by atoms with Crippen LogP contribution in [0.3, 0.4) is 0 Å². The summed E-state index contributed by atoms with van der Waals surface area (Å²) in [5, 5.41) is 71.8. The Morgan fingerprint density at radius 1 is 0.909 bits per heavy atom. The highest BCUT2D eigenvalue weighted by molar-refractivity contribution is 6.21. The molecule has 9 atom stereocenters. The van der Waals surface area contributed by atoms with Gasteiger partial charge in [-0.1, -0.05) is 39.0 Å². The molecule has 0 spiro atoms. The zero-order chi connectivity index (χ0) is 41.4. The maximum absolute atomic E-state index is 14.0. The van der Waals surface area contributed by atoms with Crippen LogP contribution in [0.1, 0.15) is 76.9 Å². The zero-order valence-electron chi connectivity index (χ0n) is 32.6. The van der Waals surface area contributed by atoms with Gasteiger partial charge in [-0.25, -0.2) is 0 Å². The molecular formula is C40H51NO14. The lowest BCUT2D eigenvalue weighted by molar-refractivity contribution is -0.168. The Bertz CT molecular complexity index is 1920. The van der Waals surface area contributed by atoms with E-state index in [1.54, 1.807) is 13.0 Å². The number of fused-ring (bicyclic) bond motifs is 14. The van der Waals surface area contributed by atoms with Crippen LogP contribution in [0.25, 0.3) is 5.57 Å². The van der Waals surface area contributed by atoms with Crippen molar-refractivity contribution in [3.8, 4) is 11.5 Å². The Hall–Kier alpha value is -4.80. The maximum Gasteiger partial charge on any atom is 0.313 e. The van der Waals surface area contributed by atoms with E-state index in [0.29, 0.717) is 0 Å². The summed E-state index contributed by atoms with van der Waals surface area (Å²) in [5.74, 6) is -8.68. The van der Waals surface area contributed by atoms with Crippen LogP contribution in [0.2, 0.25) is 0 Å². The van der Waals surface area contributed by atoms with Crippen molar-refractivity contribution in [2.24, 2.45) is 23.7 Å². The number of nitrogens with one attached hydrogen (secondary N) is 1. The first-order valence-electron chi connectivity index (χ1n) is 17.8. The lowest BCUT2D eigenvalue weighted by atomic mass is 9.75. The highest BCUT2D eigenvalue weighted by Gasteiger charge is 2.47. The predicted octanol–water partition coefficient (Wildman–Crippen LogP) is 3.10. The smallest absolute Gasteiger partial charge is 0.313 e. The van der Waals surface area contributed by atoms with Crippen molar-refractivity contribution in [2.75, 3.05) is 19.2 Å². The number of ether oxygens (including phenoxy) is 4. The molecule has 1 amide bonds. The summed E-state index contributed by atoms with van der Waals surface area (Å²) in [7, 11) is 1.06. The number of phenols is 1. The molecule has 4 aliphatic rings. The minimum absolute atomic E-state index is 0.00256. The summed E-state index contributed by atoms with van der Waals surface area (Å²) in [6.45, 7) is 12.3. The average molecular weight is 770 g/mol. The first-order valence-corrected chi connectivity index (χ1v) is 17.8. The molecular weight excluding hydrogens is 718 g/mol. The standard InChI is InChI=1S/C40H51NO14/c1-16-12-11-13-17(2)38(49)41-28-19(4)36(55-23(8)42)24-25(33(28)47)31(45)21(6)35-26(24)34(53-15-54-35)18(3)14-40(9,51)37(48)22(7)32(46)27(39(50)52-10)30(44)20(5)29(16)43/h11-14,16,20,22,27,29-30,32,37,43-44,46-48,51H,15H2,1-10H3,(H,41,49)/b12-11-,17-13+,18-14+/t16-,20+,22-,27+,29-,30-,32+,37+,40+/m0/s1. The molecule has 0 radical (unpaired) electrons. The number of hydrogen-bond acceptors (Lipinski definition) is 14. The van der Waals surface area contributed by atoms with Crippen LogP contribution in [-0.4, -0.2) is 98.2 Å². The molecule has 3 heterocycles. The number of aliphatic hydroxyl groups excluding tert-OH is 4. The van der Waals surface area contributed by atoms with Crippen molar-refractivity contribution < 1.29 is 68.8 Å². The molecule has 1 aromatic rings. The Morgan fingerprint density at radius 2 is 1.51 bits per heavy atom. The number of aromatic hydroxyl groups is 1. The Kier molecular flexibility index (Phi) is 12.9. The molecule has 0 fully saturated rings. The Morgan fingerprint density at radius 3 is 2.11 bits per heavy atom. The van der Waals surface area contributed by atoms with Crippen LogP contribution in [0, 0.1) is 30.6 Å². The lowest BCUT2D eigenvalue weighted by Gasteiger charge is -2.39. The maximum atomic E-state index is 14.0. The highest BCUT2D eigenvalue weighted by atomic mass is 16.7. The highest BCUT2D eigenvalue weighted by Crippen LogP contribution is 2.53. The van der Waals surface area contributed by atoms with E-state index in [0.717, 1.165) is 14.0 Å². The van der Waals surface area contributed by atoms with Gasteiger partial charge in [-0.2, -0.15) is 0 Å². The number of Topliss-reactive ketones (excluding diaryl/α,β-unsaturated/α-hetero) is 1. The molecule has 15 nitrogen and oxygen atoms in total. The number of carbonyl (C=O) groups excluding carboxylic acids is 4. The van der Waals surface area contributed by atoms with E-state index in [2.05, 4.69) is 5.32 Å². The minimum atomic E-state index is -2.17. The minimum Gasteiger partial charge on any atom is -0.505 e. The van der Waals surface area contributed by atoms with Crippen molar-refractivity contribution >= 4 is 34.9 Å². The zero-order valence-corrected chi connectivity index (χ0v) is 32.6. The summed E-state index contributed by atoms with van der Waals surface area (Å²) >= 11 is 0. The SMILES string of the molecule is COC(=O)[C@H]1[C@H](O)[C@H](C)[C@@H](O)[C@](C)(O)/C=C(\C)C2=C3C(=C(C)C(=O)c4c(O)c(c(C)c(OC(C)=O)c43)NC(=O)/C(C)=C/C=C\[C@H](C)[C@H](O)[C@@H](C)[C@@H]1O)OCO2. The molecule has 1 aliphatic carbocycles. The van der Waals surface area contributed by atoms with Gasteiger partial charge in [0.25, 0.3) is 5.91 Å². The molecule has 3 aliphatic heterocycles. The number of allylic oxidation sites excluding steroid dienone is 5. The summed E-state index contributed by atoms with van der Waals surface area (Å²) in [4.78, 5) is 53.0. The molecule has 0 saturated carbocycles. The lowest BCUT2D eigenvalue weighted by Crippen LogP contribution is -2.53. The van der Waals surface area contributed by atoms with Gasteiger partial charge in [0.15, 0.2) is 11.5 Å². The topological polar surface area (TPSA) is 239 Å². The number of hydrogen-bond donors (Lipinski definition) is 7. The average Bonchev–Trinajstić information content (AvgIpc) is 3.13.